The van der Waals surface area contributed by atoms with Gasteiger partial charge in [0.05, 0.1) is 12.6 Å². The Morgan fingerprint density at radius 2 is 2.29 bits per heavy atom. The van der Waals surface area contributed by atoms with Crippen molar-refractivity contribution in [1.29, 1.82) is 0 Å². The number of hydrogen-bond donors (Lipinski definition) is 2. The van der Waals surface area contributed by atoms with E-state index in [-0.39, 0.29) is 5.91 Å². The van der Waals surface area contributed by atoms with Crippen LogP contribution in [0.4, 0.5) is 0 Å². The third-order valence-corrected chi connectivity index (χ3v) is 2.56. The van der Waals surface area contributed by atoms with Gasteiger partial charge >= 0.3 is 0 Å². The third kappa shape index (κ3) is 4.19. The normalized spacial score (nSPS) is 12.8. The number of imidazole rings is 1. The number of hydrogen-bond acceptors (Lipinski definition) is 3. The standard InChI is InChI=1S/C12H22N4O/c1-4-10(13)12(17)15-7-11-14-5-6-16(11)8-9(2)3/h5-6,9-10H,4,7-8,13H2,1-3H3,(H,15,17)/t10-/m0/s1. The molecule has 5 nitrogen and oxygen atoms in total. The molecular weight excluding hydrogens is 216 g/mol. The summed E-state index contributed by atoms with van der Waals surface area (Å²) < 4.78 is 2.06. The first kappa shape index (κ1) is 13.7. The van der Waals surface area contributed by atoms with Gasteiger partial charge < -0.3 is 15.6 Å². The third-order valence-electron chi connectivity index (χ3n) is 2.56. The molecule has 96 valence electrons. The Morgan fingerprint density at radius 3 is 2.88 bits per heavy atom. The van der Waals surface area contributed by atoms with Gasteiger partial charge in [-0.25, -0.2) is 4.98 Å². The number of rotatable bonds is 6. The summed E-state index contributed by atoms with van der Waals surface area (Å²) in [6.45, 7) is 7.53. The van der Waals surface area contributed by atoms with Crippen LogP contribution in [-0.4, -0.2) is 21.5 Å². The van der Waals surface area contributed by atoms with Crippen molar-refractivity contribution in [2.45, 2.75) is 46.3 Å². The molecule has 0 aliphatic carbocycles. The quantitative estimate of drug-likeness (QED) is 0.773. The fraction of sp³-hybridized carbons (Fsp3) is 0.667. The van der Waals surface area contributed by atoms with Crippen LogP contribution in [0.15, 0.2) is 12.4 Å². The first-order chi connectivity index (χ1) is 8.04. The first-order valence-corrected chi connectivity index (χ1v) is 6.07. The highest BCUT2D eigenvalue weighted by atomic mass is 16.2. The van der Waals surface area contributed by atoms with Crippen molar-refractivity contribution in [2.24, 2.45) is 11.7 Å². The SMILES string of the molecule is CC[C@H](N)C(=O)NCc1nccn1CC(C)C. The molecule has 0 radical (unpaired) electrons. The molecule has 1 heterocycles. The minimum Gasteiger partial charge on any atom is -0.348 e. The van der Waals surface area contributed by atoms with Crippen molar-refractivity contribution in [3.8, 4) is 0 Å². The van der Waals surface area contributed by atoms with Crippen LogP contribution in [0.1, 0.15) is 33.0 Å². The molecule has 3 N–H and O–H groups in total. The fourth-order valence-corrected chi connectivity index (χ4v) is 1.55. The lowest BCUT2D eigenvalue weighted by Crippen LogP contribution is -2.40. The molecule has 1 aromatic heterocycles. The lowest BCUT2D eigenvalue weighted by Gasteiger charge is -2.12. The molecule has 0 bridgehead atoms. The molecule has 1 atom stereocenters. The van der Waals surface area contributed by atoms with E-state index in [2.05, 4.69) is 28.7 Å². The molecule has 0 saturated heterocycles. The summed E-state index contributed by atoms with van der Waals surface area (Å²) >= 11 is 0. The maximum Gasteiger partial charge on any atom is 0.237 e. The topological polar surface area (TPSA) is 72.9 Å². The fourth-order valence-electron chi connectivity index (χ4n) is 1.55. The van der Waals surface area contributed by atoms with Gasteiger partial charge in [-0.1, -0.05) is 20.8 Å². The van der Waals surface area contributed by atoms with Crippen molar-refractivity contribution in [3.05, 3.63) is 18.2 Å². The number of carbonyl (C=O) groups is 1. The zero-order chi connectivity index (χ0) is 12.8. The van der Waals surface area contributed by atoms with Crippen molar-refractivity contribution in [1.82, 2.24) is 14.9 Å². The number of nitrogens with one attached hydrogen (secondary N) is 1. The highest BCUT2D eigenvalue weighted by molar-refractivity contribution is 5.81. The Morgan fingerprint density at radius 1 is 1.59 bits per heavy atom. The molecule has 0 aromatic carbocycles. The maximum absolute atomic E-state index is 11.5. The predicted octanol–water partition coefficient (Wildman–Crippen LogP) is 0.893. The van der Waals surface area contributed by atoms with Gasteiger partial charge in [0.2, 0.25) is 5.91 Å². The Bertz CT molecular complexity index is 359. The summed E-state index contributed by atoms with van der Waals surface area (Å²) in [4.78, 5) is 15.8. The van der Waals surface area contributed by atoms with Crippen LogP contribution in [0.5, 0.6) is 0 Å². The molecule has 1 aromatic rings. The Labute approximate surface area is 102 Å². The van der Waals surface area contributed by atoms with E-state index in [1.165, 1.54) is 0 Å². The van der Waals surface area contributed by atoms with E-state index < -0.39 is 6.04 Å². The van der Waals surface area contributed by atoms with Gasteiger partial charge in [-0.3, -0.25) is 4.79 Å². The average Bonchev–Trinajstić information content (AvgIpc) is 2.71. The van der Waals surface area contributed by atoms with Gasteiger partial charge in [-0.15, -0.1) is 0 Å². The predicted molar refractivity (Wildman–Crippen MR) is 67.2 cm³/mol. The summed E-state index contributed by atoms with van der Waals surface area (Å²) in [7, 11) is 0. The largest absolute Gasteiger partial charge is 0.348 e. The zero-order valence-electron chi connectivity index (χ0n) is 10.8. The number of aromatic nitrogens is 2. The highest BCUT2D eigenvalue weighted by Crippen LogP contribution is 2.03. The first-order valence-electron chi connectivity index (χ1n) is 6.07. The van der Waals surface area contributed by atoms with Gasteiger partial charge in [0.15, 0.2) is 0 Å². The lowest BCUT2D eigenvalue weighted by atomic mass is 10.2. The maximum atomic E-state index is 11.5. The summed E-state index contributed by atoms with van der Waals surface area (Å²) in [6.07, 6.45) is 4.33. The van der Waals surface area contributed by atoms with Crippen molar-refractivity contribution in [2.75, 3.05) is 0 Å². The van der Waals surface area contributed by atoms with E-state index >= 15 is 0 Å². The van der Waals surface area contributed by atoms with Crippen LogP contribution in [0.2, 0.25) is 0 Å². The number of carbonyl (C=O) groups excluding carboxylic acids is 1. The van der Waals surface area contributed by atoms with Gasteiger partial charge in [0.1, 0.15) is 5.82 Å². The average molecular weight is 238 g/mol. The zero-order valence-corrected chi connectivity index (χ0v) is 10.8. The number of nitrogens with zero attached hydrogens (tertiary/aromatic N) is 2. The van der Waals surface area contributed by atoms with Gasteiger partial charge in [-0.2, -0.15) is 0 Å². The molecule has 0 unspecified atom stereocenters. The summed E-state index contributed by atoms with van der Waals surface area (Å²) in [5.74, 6) is 1.30. The van der Waals surface area contributed by atoms with Crippen LogP contribution in [0, 0.1) is 5.92 Å². The Kier molecular flexibility index (Phi) is 5.15. The summed E-state index contributed by atoms with van der Waals surface area (Å²) in [5.41, 5.74) is 5.64. The molecule has 0 saturated carbocycles. The second-order valence-corrected chi connectivity index (χ2v) is 4.62. The van der Waals surface area contributed by atoms with Crippen LogP contribution < -0.4 is 11.1 Å². The second kappa shape index (κ2) is 6.39. The van der Waals surface area contributed by atoms with Gasteiger partial charge in [0, 0.05) is 18.9 Å². The molecule has 5 heteroatoms. The van der Waals surface area contributed by atoms with Crippen LogP contribution in [0.25, 0.3) is 0 Å². The van der Waals surface area contributed by atoms with Crippen LogP contribution in [0.3, 0.4) is 0 Å². The van der Waals surface area contributed by atoms with Gasteiger partial charge in [-0.05, 0) is 12.3 Å². The van der Waals surface area contributed by atoms with E-state index in [1.807, 2.05) is 13.1 Å². The van der Waals surface area contributed by atoms with Crippen molar-refractivity contribution in [3.63, 3.8) is 0 Å². The summed E-state index contributed by atoms with van der Waals surface area (Å²) in [6, 6.07) is -0.427. The van der Waals surface area contributed by atoms with Gasteiger partial charge in [0.25, 0.3) is 0 Å². The van der Waals surface area contributed by atoms with E-state index in [1.54, 1.807) is 6.20 Å². The van der Waals surface area contributed by atoms with E-state index in [0.717, 1.165) is 12.4 Å². The Hall–Kier alpha value is -1.36. The smallest absolute Gasteiger partial charge is 0.237 e. The van der Waals surface area contributed by atoms with Crippen molar-refractivity contribution >= 4 is 5.91 Å². The molecule has 1 amide bonds. The van der Waals surface area contributed by atoms with Crippen molar-refractivity contribution < 1.29 is 4.79 Å². The second-order valence-electron chi connectivity index (χ2n) is 4.62. The van der Waals surface area contributed by atoms with Crippen LogP contribution >= 0.6 is 0 Å². The van der Waals surface area contributed by atoms with E-state index in [0.29, 0.717) is 18.9 Å². The van der Waals surface area contributed by atoms with Crippen LogP contribution in [-0.2, 0) is 17.9 Å². The molecule has 1 rings (SSSR count). The monoisotopic (exact) mass is 238 g/mol. The minimum absolute atomic E-state index is 0.119. The Balaban J connectivity index is 2.52. The molecular formula is C12H22N4O. The molecule has 0 spiro atoms. The van der Waals surface area contributed by atoms with E-state index in [9.17, 15) is 4.79 Å². The number of amides is 1. The highest BCUT2D eigenvalue weighted by Gasteiger charge is 2.11. The molecule has 17 heavy (non-hydrogen) atoms. The summed E-state index contributed by atoms with van der Waals surface area (Å²) in [5, 5.41) is 2.80. The molecule has 0 aliphatic heterocycles. The minimum atomic E-state index is -0.427. The molecule has 0 fully saturated rings. The number of nitrogens with two attached hydrogens (primary N) is 1. The molecule has 0 aliphatic rings. The van der Waals surface area contributed by atoms with E-state index in [4.69, 9.17) is 5.73 Å². The lowest BCUT2D eigenvalue weighted by molar-refractivity contribution is -0.122.